The number of hydrogen-bond donors (Lipinski definition) is 1. The molecule has 0 aliphatic carbocycles. The van der Waals surface area contributed by atoms with Crippen LogP contribution < -0.4 is 5.73 Å². The van der Waals surface area contributed by atoms with Gasteiger partial charge in [-0.2, -0.15) is 0 Å². The maximum atomic E-state index is 6.01. The molecule has 0 spiro atoms. The van der Waals surface area contributed by atoms with E-state index in [9.17, 15) is 0 Å². The van der Waals surface area contributed by atoms with Gasteiger partial charge < -0.3 is 15.2 Å². The second kappa shape index (κ2) is 5.72. The van der Waals surface area contributed by atoms with Crippen LogP contribution in [0.3, 0.4) is 0 Å². The molecule has 1 heterocycles. The maximum absolute atomic E-state index is 6.01. The standard InChI is InChI=1S/C15H23NO2/c1-10-7-14(8-11(2)18-10)17-9-13-5-4-6-15(16)12(13)3/h4-6,10-11,14H,7-9,16H2,1-3H3. The molecule has 0 radical (unpaired) electrons. The van der Waals surface area contributed by atoms with E-state index in [2.05, 4.69) is 19.9 Å². The number of nitrogen functional groups attached to an aromatic ring is 1. The van der Waals surface area contributed by atoms with Crippen LogP contribution in [0.5, 0.6) is 0 Å². The molecule has 18 heavy (non-hydrogen) atoms. The number of ether oxygens (including phenoxy) is 2. The van der Waals surface area contributed by atoms with Crippen molar-refractivity contribution in [3.8, 4) is 0 Å². The number of hydrogen-bond acceptors (Lipinski definition) is 3. The summed E-state index contributed by atoms with van der Waals surface area (Å²) in [6, 6.07) is 5.99. The molecule has 2 atom stereocenters. The van der Waals surface area contributed by atoms with Crippen LogP contribution in [-0.2, 0) is 16.1 Å². The zero-order chi connectivity index (χ0) is 13.1. The lowest BCUT2D eigenvalue weighted by atomic mass is 10.0. The third kappa shape index (κ3) is 3.24. The Morgan fingerprint density at radius 2 is 1.94 bits per heavy atom. The van der Waals surface area contributed by atoms with Crippen LogP contribution in [0.1, 0.15) is 37.8 Å². The fourth-order valence-electron chi connectivity index (χ4n) is 2.55. The fraction of sp³-hybridized carbons (Fsp3) is 0.600. The SMILES string of the molecule is Cc1c(N)cccc1COC1CC(C)OC(C)C1. The maximum Gasteiger partial charge on any atom is 0.0724 e. The van der Waals surface area contributed by atoms with Crippen LogP contribution >= 0.6 is 0 Å². The number of rotatable bonds is 3. The molecule has 3 heteroatoms. The molecule has 1 aromatic carbocycles. The Labute approximate surface area is 109 Å². The number of nitrogens with two attached hydrogens (primary N) is 1. The van der Waals surface area contributed by atoms with Crippen molar-refractivity contribution in [1.82, 2.24) is 0 Å². The average molecular weight is 249 g/mol. The van der Waals surface area contributed by atoms with Crippen LogP contribution in [0.2, 0.25) is 0 Å². The van der Waals surface area contributed by atoms with Gasteiger partial charge in [-0.3, -0.25) is 0 Å². The highest BCUT2D eigenvalue weighted by atomic mass is 16.5. The van der Waals surface area contributed by atoms with Crippen LogP contribution in [-0.4, -0.2) is 18.3 Å². The van der Waals surface area contributed by atoms with E-state index in [-0.39, 0.29) is 0 Å². The summed E-state index contributed by atoms with van der Waals surface area (Å²) in [6.45, 7) is 6.90. The summed E-state index contributed by atoms with van der Waals surface area (Å²) < 4.78 is 11.7. The Morgan fingerprint density at radius 1 is 1.28 bits per heavy atom. The molecule has 2 rings (SSSR count). The summed E-state index contributed by atoms with van der Waals surface area (Å²) in [5.74, 6) is 0. The van der Waals surface area contributed by atoms with E-state index in [1.165, 1.54) is 5.56 Å². The van der Waals surface area contributed by atoms with Gasteiger partial charge in [0, 0.05) is 5.69 Å². The summed E-state index contributed by atoms with van der Waals surface area (Å²) in [6.07, 6.45) is 2.84. The van der Waals surface area contributed by atoms with Gasteiger partial charge in [0.15, 0.2) is 0 Å². The second-order valence-corrected chi connectivity index (χ2v) is 5.29. The van der Waals surface area contributed by atoms with Crippen molar-refractivity contribution < 1.29 is 9.47 Å². The molecule has 0 aromatic heterocycles. The smallest absolute Gasteiger partial charge is 0.0724 e. The van der Waals surface area contributed by atoms with E-state index in [4.69, 9.17) is 15.2 Å². The van der Waals surface area contributed by atoms with Gasteiger partial charge in [0.25, 0.3) is 0 Å². The highest BCUT2D eigenvalue weighted by molar-refractivity contribution is 5.49. The minimum atomic E-state index is 0.292. The summed E-state index contributed by atoms with van der Waals surface area (Å²) in [7, 11) is 0. The molecule has 0 saturated carbocycles. The zero-order valence-corrected chi connectivity index (χ0v) is 11.5. The topological polar surface area (TPSA) is 44.5 Å². The van der Waals surface area contributed by atoms with Crippen LogP contribution in [0, 0.1) is 6.92 Å². The van der Waals surface area contributed by atoms with Gasteiger partial charge in [-0.25, -0.2) is 0 Å². The van der Waals surface area contributed by atoms with Gasteiger partial charge in [0.05, 0.1) is 24.9 Å². The van der Waals surface area contributed by atoms with E-state index in [1.807, 2.05) is 19.1 Å². The molecule has 3 nitrogen and oxygen atoms in total. The normalized spacial score (nSPS) is 28.3. The summed E-state index contributed by atoms with van der Waals surface area (Å²) in [5, 5.41) is 0. The monoisotopic (exact) mass is 249 g/mol. The predicted molar refractivity (Wildman–Crippen MR) is 73.4 cm³/mol. The van der Waals surface area contributed by atoms with Gasteiger partial charge in [-0.1, -0.05) is 12.1 Å². The Kier molecular flexibility index (Phi) is 4.25. The molecule has 0 bridgehead atoms. The first-order valence-corrected chi connectivity index (χ1v) is 6.67. The predicted octanol–water partition coefficient (Wildman–Crippen LogP) is 3.05. The lowest BCUT2D eigenvalue weighted by Crippen LogP contribution is -2.34. The zero-order valence-electron chi connectivity index (χ0n) is 11.5. The van der Waals surface area contributed by atoms with Crippen LogP contribution in [0.25, 0.3) is 0 Å². The van der Waals surface area contributed by atoms with Gasteiger partial charge in [0.2, 0.25) is 0 Å². The third-order valence-electron chi connectivity index (χ3n) is 3.62. The van der Waals surface area contributed by atoms with Crippen molar-refractivity contribution in [3.63, 3.8) is 0 Å². The number of anilines is 1. The molecule has 1 aromatic rings. The summed E-state index contributed by atoms with van der Waals surface area (Å²) in [5.41, 5.74) is 9.05. The first-order valence-electron chi connectivity index (χ1n) is 6.67. The first kappa shape index (κ1) is 13.4. The summed E-state index contributed by atoms with van der Waals surface area (Å²) >= 11 is 0. The highest BCUT2D eigenvalue weighted by Crippen LogP contribution is 2.24. The van der Waals surface area contributed by atoms with E-state index in [0.717, 1.165) is 24.1 Å². The third-order valence-corrected chi connectivity index (χ3v) is 3.62. The molecule has 1 aliphatic rings. The van der Waals surface area contributed by atoms with Crippen LogP contribution in [0.15, 0.2) is 18.2 Å². The van der Waals surface area contributed by atoms with Crippen molar-refractivity contribution in [2.45, 2.75) is 58.5 Å². The van der Waals surface area contributed by atoms with Crippen molar-refractivity contribution in [2.75, 3.05) is 5.73 Å². The van der Waals surface area contributed by atoms with Crippen molar-refractivity contribution >= 4 is 5.69 Å². The Morgan fingerprint density at radius 3 is 2.61 bits per heavy atom. The molecule has 0 amide bonds. The Balaban J connectivity index is 1.93. The highest BCUT2D eigenvalue weighted by Gasteiger charge is 2.24. The number of benzene rings is 1. The summed E-state index contributed by atoms with van der Waals surface area (Å²) in [4.78, 5) is 0. The molecule has 100 valence electrons. The molecule has 1 saturated heterocycles. The van der Waals surface area contributed by atoms with Crippen LogP contribution in [0.4, 0.5) is 5.69 Å². The van der Waals surface area contributed by atoms with Gasteiger partial charge in [0.1, 0.15) is 0 Å². The van der Waals surface area contributed by atoms with Gasteiger partial charge >= 0.3 is 0 Å². The van der Waals surface area contributed by atoms with Gasteiger partial charge in [-0.05, 0) is 50.8 Å². The molecular formula is C15H23NO2. The molecule has 2 unspecified atom stereocenters. The molecule has 2 N–H and O–H groups in total. The molecule has 1 fully saturated rings. The first-order chi connectivity index (χ1) is 8.56. The lowest BCUT2D eigenvalue weighted by molar-refractivity contribution is -0.106. The molecule has 1 aliphatic heterocycles. The average Bonchev–Trinajstić information content (AvgIpc) is 2.30. The van der Waals surface area contributed by atoms with E-state index >= 15 is 0 Å². The quantitative estimate of drug-likeness (QED) is 0.837. The van der Waals surface area contributed by atoms with Gasteiger partial charge in [-0.15, -0.1) is 0 Å². The van der Waals surface area contributed by atoms with Crippen molar-refractivity contribution in [2.24, 2.45) is 0 Å². The molecular weight excluding hydrogens is 226 g/mol. The minimum Gasteiger partial charge on any atom is -0.399 e. The lowest BCUT2D eigenvalue weighted by Gasteiger charge is -2.32. The van der Waals surface area contributed by atoms with Crippen molar-refractivity contribution in [3.05, 3.63) is 29.3 Å². The second-order valence-electron chi connectivity index (χ2n) is 5.29. The Bertz CT molecular complexity index is 395. The van der Waals surface area contributed by atoms with E-state index in [0.29, 0.717) is 24.9 Å². The van der Waals surface area contributed by atoms with E-state index in [1.54, 1.807) is 0 Å². The minimum absolute atomic E-state index is 0.292. The largest absolute Gasteiger partial charge is 0.399 e. The Hall–Kier alpha value is -1.06. The van der Waals surface area contributed by atoms with E-state index < -0.39 is 0 Å². The fourth-order valence-corrected chi connectivity index (χ4v) is 2.55. The van der Waals surface area contributed by atoms with Crippen molar-refractivity contribution in [1.29, 1.82) is 0 Å².